The van der Waals surface area contributed by atoms with E-state index in [2.05, 4.69) is 17.1 Å². The van der Waals surface area contributed by atoms with Crippen LogP contribution in [0.25, 0.3) is 11.1 Å². The fourth-order valence-electron chi connectivity index (χ4n) is 3.49. The molecule has 0 aliphatic rings. The van der Waals surface area contributed by atoms with Gasteiger partial charge in [0.25, 0.3) is 0 Å². The number of aryl methyl sites for hydroxylation is 2. The number of rotatable bonds is 7. The van der Waals surface area contributed by atoms with Gasteiger partial charge < -0.3 is 14.2 Å². The molecular weight excluding hydrogens is 394 g/mol. The first-order valence-corrected chi connectivity index (χ1v) is 9.91. The number of methoxy groups -OCH3 is 2. The summed E-state index contributed by atoms with van der Waals surface area (Å²) >= 11 is 0. The molecular formula is C25H25NO5. The topological polar surface area (TPSA) is 74.7 Å². The minimum absolute atomic E-state index is 0.242. The number of hydrogen-bond acceptors (Lipinski definition) is 6. The van der Waals surface area contributed by atoms with E-state index in [9.17, 15) is 9.59 Å². The summed E-state index contributed by atoms with van der Waals surface area (Å²) in [5.41, 5.74) is 3.76. The molecule has 0 bridgehead atoms. The molecule has 0 aliphatic carbocycles. The quantitative estimate of drug-likeness (QED) is 0.523. The van der Waals surface area contributed by atoms with Gasteiger partial charge in [-0.15, -0.1) is 0 Å². The van der Waals surface area contributed by atoms with Crippen LogP contribution in [-0.2, 0) is 15.9 Å². The van der Waals surface area contributed by atoms with E-state index in [4.69, 9.17) is 14.2 Å². The number of esters is 2. The van der Waals surface area contributed by atoms with E-state index in [0.717, 1.165) is 6.42 Å². The van der Waals surface area contributed by atoms with Crippen LogP contribution in [0.5, 0.6) is 5.75 Å². The zero-order valence-electron chi connectivity index (χ0n) is 18.1. The maximum atomic E-state index is 12.5. The lowest BCUT2D eigenvalue weighted by Crippen LogP contribution is -2.16. The van der Waals surface area contributed by atoms with Crippen molar-refractivity contribution in [2.24, 2.45) is 0 Å². The molecule has 0 spiro atoms. The second-order valence-electron chi connectivity index (χ2n) is 7.00. The van der Waals surface area contributed by atoms with E-state index in [1.165, 1.54) is 19.8 Å². The molecule has 6 nitrogen and oxygen atoms in total. The van der Waals surface area contributed by atoms with Gasteiger partial charge in [0, 0.05) is 12.0 Å². The van der Waals surface area contributed by atoms with Crippen LogP contribution in [0.2, 0.25) is 0 Å². The van der Waals surface area contributed by atoms with Gasteiger partial charge in [0.05, 0.1) is 43.3 Å². The predicted molar refractivity (Wildman–Crippen MR) is 117 cm³/mol. The monoisotopic (exact) mass is 419 g/mol. The minimum Gasteiger partial charge on any atom is -0.493 e. The minimum atomic E-state index is -0.562. The molecule has 2 aromatic carbocycles. The third kappa shape index (κ3) is 4.91. The van der Waals surface area contributed by atoms with Crippen LogP contribution in [0, 0.1) is 13.8 Å². The Morgan fingerprint density at radius 3 is 1.87 bits per heavy atom. The summed E-state index contributed by atoms with van der Waals surface area (Å²) in [5.74, 6) is -0.428. The number of aromatic nitrogens is 1. The van der Waals surface area contributed by atoms with Gasteiger partial charge in [-0.2, -0.15) is 0 Å². The Morgan fingerprint density at radius 1 is 0.806 bits per heavy atom. The SMILES string of the molecule is COC(=O)c1c(C)nc(C)c(C(=O)OC)c1-c1ccc(OCCc2ccccc2)cc1. The number of pyridine rings is 1. The Bertz CT molecular complexity index is 1040. The number of benzene rings is 2. The van der Waals surface area contributed by atoms with Gasteiger partial charge in [0.1, 0.15) is 5.75 Å². The first kappa shape index (κ1) is 22.0. The molecule has 3 rings (SSSR count). The molecule has 0 unspecified atom stereocenters. The Labute approximate surface area is 181 Å². The molecule has 0 saturated heterocycles. The van der Waals surface area contributed by atoms with E-state index < -0.39 is 11.9 Å². The van der Waals surface area contributed by atoms with Crippen LogP contribution in [0.3, 0.4) is 0 Å². The third-order valence-corrected chi connectivity index (χ3v) is 4.98. The summed E-state index contributed by atoms with van der Waals surface area (Å²) in [6.45, 7) is 3.97. The Balaban J connectivity index is 1.94. The second-order valence-corrected chi connectivity index (χ2v) is 7.00. The average molecular weight is 419 g/mol. The van der Waals surface area contributed by atoms with E-state index in [1.807, 2.05) is 42.5 Å². The van der Waals surface area contributed by atoms with Crippen LogP contribution in [-0.4, -0.2) is 37.7 Å². The van der Waals surface area contributed by atoms with E-state index in [-0.39, 0.29) is 11.1 Å². The predicted octanol–water partition coefficient (Wildman–Crippen LogP) is 4.56. The van der Waals surface area contributed by atoms with Crippen LogP contribution < -0.4 is 4.74 Å². The van der Waals surface area contributed by atoms with Crippen molar-refractivity contribution in [2.45, 2.75) is 20.3 Å². The van der Waals surface area contributed by atoms with Gasteiger partial charge in [-0.3, -0.25) is 4.98 Å². The van der Waals surface area contributed by atoms with Gasteiger partial charge in [-0.05, 0) is 37.1 Å². The highest BCUT2D eigenvalue weighted by atomic mass is 16.5. The lowest BCUT2D eigenvalue weighted by atomic mass is 9.92. The van der Waals surface area contributed by atoms with Gasteiger partial charge in [-0.1, -0.05) is 42.5 Å². The smallest absolute Gasteiger partial charge is 0.340 e. The third-order valence-electron chi connectivity index (χ3n) is 4.98. The highest BCUT2D eigenvalue weighted by Crippen LogP contribution is 2.33. The number of carbonyl (C=O) groups is 2. The molecule has 0 radical (unpaired) electrons. The summed E-state index contributed by atoms with van der Waals surface area (Å²) in [6, 6.07) is 17.3. The number of nitrogens with zero attached hydrogens (tertiary/aromatic N) is 1. The van der Waals surface area contributed by atoms with Gasteiger partial charge in [-0.25, -0.2) is 9.59 Å². The van der Waals surface area contributed by atoms with Crippen molar-refractivity contribution in [3.8, 4) is 16.9 Å². The summed E-state index contributed by atoms with van der Waals surface area (Å²) < 4.78 is 15.8. The van der Waals surface area contributed by atoms with Crippen LogP contribution in [0.1, 0.15) is 37.7 Å². The van der Waals surface area contributed by atoms with Crippen LogP contribution in [0.15, 0.2) is 54.6 Å². The molecule has 1 aromatic heterocycles. The number of carbonyl (C=O) groups excluding carboxylic acids is 2. The molecule has 0 aliphatic heterocycles. The summed E-state index contributed by atoms with van der Waals surface area (Å²) in [5, 5.41) is 0. The van der Waals surface area contributed by atoms with Gasteiger partial charge >= 0.3 is 11.9 Å². The van der Waals surface area contributed by atoms with Crippen LogP contribution >= 0.6 is 0 Å². The van der Waals surface area contributed by atoms with Crippen molar-refractivity contribution in [1.82, 2.24) is 4.98 Å². The molecule has 0 saturated carbocycles. The first-order chi connectivity index (χ1) is 15.0. The average Bonchev–Trinajstić information content (AvgIpc) is 2.79. The molecule has 6 heteroatoms. The Morgan fingerprint density at radius 2 is 1.35 bits per heavy atom. The molecule has 0 N–H and O–H groups in total. The zero-order valence-corrected chi connectivity index (χ0v) is 18.1. The van der Waals surface area contributed by atoms with E-state index >= 15 is 0 Å². The Kier molecular flexibility index (Phi) is 7.03. The Hall–Kier alpha value is -3.67. The number of ether oxygens (including phenoxy) is 3. The molecule has 0 fully saturated rings. The largest absolute Gasteiger partial charge is 0.493 e. The van der Waals surface area contributed by atoms with Gasteiger partial charge in [0.15, 0.2) is 0 Å². The van der Waals surface area contributed by atoms with Crippen molar-refractivity contribution in [3.05, 3.63) is 82.7 Å². The second kappa shape index (κ2) is 9.89. The molecule has 0 atom stereocenters. The molecule has 160 valence electrons. The highest BCUT2D eigenvalue weighted by molar-refractivity contribution is 6.07. The lowest BCUT2D eigenvalue weighted by Gasteiger charge is -2.17. The summed E-state index contributed by atoms with van der Waals surface area (Å²) in [4.78, 5) is 29.4. The summed E-state index contributed by atoms with van der Waals surface area (Å²) in [7, 11) is 2.60. The van der Waals surface area contributed by atoms with Crippen molar-refractivity contribution < 1.29 is 23.8 Å². The lowest BCUT2D eigenvalue weighted by molar-refractivity contribution is 0.0599. The molecule has 3 aromatic rings. The molecule has 31 heavy (non-hydrogen) atoms. The van der Waals surface area contributed by atoms with E-state index in [1.54, 1.807) is 13.8 Å². The highest BCUT2D eigenvalue weighted by Gasteiger charge is 2.27. The molecule has 0 amide bonds. The maximum absolute atomic E-state index is 12.5. The summed E-state index contributed by atoms with van der Waals surface area (Å²) in [6.07, 6.45) is 0.796. The van der Waals surface area contributed by atoms with Gasteiger partial charge in [0.2, 0.25) is 0 Å². The zero-order chi connectivity index (χ0) is 22.4. The standard InChI is InChI=1S/C25H25NO5/c1-16-21(24(27)29-3)23(22(17(2)26-16)25(28)30-4)19-10-12-20(13-11-19)31-15-14-18-8-6-5-7-9-18/h5-13H,14-15H2,1-4H3. The first-order valence-electron chi connectivity index (χ1n) is 9.91. The van der Waals surface area contributed by atoms with Crippen molar-refractivity contribution >= 4 is 11.9 Å². The van der Waals surface area contributed by atoms with Crippen molar-refractivity contribution in [2.75, 3.05) is 20.8 Å². The fourth-order valence-corrected chi connectivity index (χ4v) is 3.49. The van der Waals surface area contributed by atoms with Crippen molar-refractivity contribution in [3.63, 3.8) is 0 Å². The van der Waals surface area contributed by atoms with Crippen molar-refractivity contribution in [1.29, 1.82) is 0 Å². The maximum Gasteiger partial charge on any atom is 0.340 e. The molecule has 1 heterocycles. The van der Waals surface area contributed by atoms with Crippen LogP contribution in [0.4, 0.5) is 0 Å². The number of hydrogen-bond donors (Lipinski definition) is 0. The normalized spacial score (nSPS) is 10.5. The van der Waals surface area contributed by atoms with E-state index in [0.29, 0.717) is 34.9 Å². The fraction of sp³-hybridized carbons (Fsp3) is 0.240.